The van der Waals surface area contributed by atoms with Crippen LogP contribution in [0.5, 0.6) is 0 Å². The molecule has 0 aromatic rings. The first-order valence-corrected chi connectivity index (χ1v) is 31.1. The van der Waals surface area contributed by atoms with Crippen LogP contribution >= 0.6 is 0 Å². The Kier molecular flexibility index (Phi) is 19.7. The average Bonchev–Trinajstić information content (AvgIpc) is 0.680. The number of methoxy groups -OCH3 is 1. The molecule has 10 aliphatic rings. The smallest absolute Gasteiger partial charge is 0.337 e. The summed E-state index contributed by atoms with van der Waals surface area (Å²) in [5.74, 6) is -1.10. The number of allylic oxidation sites excluding steroid dienone is 2. The summed E-state index contributed by atoms with van der Waals surface area (Å²) in [6.07, 6.45) is -32.8. The molecule has 27 nitrogen and oxygen atoms in total. The molecule has 5 heterocycles. The highest BCUT2D eigenvalue weighted by molar-refractivity contribution is 5.75. The number of hydrogen-bond acceptors (Lipinski definition) is 27. The molecule has 27 heteroatoms. The molecule has 0 unspecified atom stereocenters. The third-order valence-corrected chi connectivity index (χ3v) is 23.5. The monoisotopic (exact) mass is 1250 g/mol. The lowest BCUT2D eigenvalue weighted by Gasteiger charge is -2.72. The maximum Gasteiger partial charge on any atom is 0.337 e. The number of aliphatic hydroxyl groups is 15. The minimum absolute atomic E-state index is 0.0268. The van der Waals surface area contributed by atoms with Crippen LogP contribution in [0.25, 0.3) is 0 Å². The fourth-order valence-electron chi connectivity index (χ4n) is 17.9. The zero-order valence-corrected chi connectivity index (χ0v) is 51.1. The van der Waals surface area contributed by atoms with Crippen molar-refractivity contribution in [3.63, 3.8) is 0 Å². The number of carbonyl (C=O) groups is 1. The first-order valence-electron chi connectivity index (χ1n) is 31.1. The van der Waals surface area contributed by atoms with Gasteiger partial charge in [-0.15, -0.1) is 0 Å². The summed E-state index contributed by atoms with van der Waals surface area (Å²) in [5.41, 5.74) is -1.37. The van der Waals surface area contributed by atoms with Crippen LogP contribution in [0.2, 0.25) is 0 Å². The van der Waals surface area contributed by atoms with E-state index in [0.717, 1.165) is 39.2 Å². The van der Waals surface area contributed by atoms with Gasteiger partial charge in [0.25, 0.3) is 0 Å². The van der Waals surface area contributed by atoms with Gasteiger partial charge >= 0.3 is 5.97 Å². The predicted octanol–water partition coefficient (Wildman–Crippen LogP) is -2.92. The number of ether oxygens (including phenoxy) is 11. The first kappa shape index (κ1) is 68.1. The lowest BCUT2D eigenvalue weighted by Crippen LogP contribution is -2.68. The molecule has 0 bridgehead atoms. The highest BCUT2D eigenvalue weighted by Gasteiger charge is 2.70. The summed E-state index contributed by atoms with van der Waals surface area (Å²) < 4.78 is 66.7. The fraction of sp³-hybridized carbons (Fsp3) is 0.950. The molecule has 4 saturated carbocycles. The summed E-state index contributed by atoms with van der Waals surface area (Å²) in [6.45, 7) is 14.9. The van der Waals surface area contributed by atoms with Gasteiger partial charge in [-0.2, -0.15) is 0 Å². The van der Waals surface area contributed by atoms with Gasteiger partial charge in [-0.1, -0.05) is 60.1 Å². The lowest BCUT2D eigenvalue weighted by molar-refractivity contribution is -0.396. The van der Waals surface area contributed by atoms with Gasteiger partial charge in [-0.25, -0.2) is 4.79 Å². The van der Waals surface area contributed by atoms with Crippen LogP contribution in [0.1, 0.15) is 113 Å². The molecule has 0 radical (unpaired) electrons. The largest absolute Gasteiger partial charge is 0.467 e. The van der Waals surface area contributed by atoms with Crippen molar-refractivity contribution < 1.29 is 133 Å². The zero-order chi connectivity index (χ0) is 63.6. The van der Waals surface area contributed by atoms with E-state index in [1.54, 1.807) is 0 Å². The quantitative estimate of drug-likeness (QED) is 0.0471. The molecule has 10 rings (SSSR count). The molecule has 0 aromatic heterocycles. The Morgan fingerprint density at radius 3 is 1.71 bits per heavy atom. The molecule has 9 fully saturated rings. The standard InChI is InChI=1S/C60H98O27/c1-24-34(65)38(69)43(74)50(79-24)86-47-40(71)37(68)29(21-62)81-53(47)87-48-42(73)41(72)45(49(76)77-9)84-54(48)82-32-13-14-57(5)30(58(32,6)23-63)12-15-60(8)31(57)11-10-25-26-18-55(2,3)19-33(56(26,4)16-17-59(25,60)7)83-52-46(35(66)27(64)22-78-52)85-51-44(75)39(70)36(67)28(20-61)80-51/h10,24,26-48,50-54,61-75H,11-23H2,1-9H3/t24-,26-,27-,28+,29+,30+,31+,32-,33+,34-,35-,36+,37-,38+,39-,40-,41-,42-,43+,44+,45-,46+,47+,48+,50-,51-,52-,53-,54+,56+,57-,58+,59+,60+/m0/s1. The predicted molar refractivity (Wildman–Crippen MR) is 294 cm³/mol. The fourth-order valence-corrected chi connectivity index (χ4v) is 17.9. The maximum absolute atomic E-state index is 13.2. The molecule has 0 spiro atoms. The van der Waals surface area contributed by atoms with Crippen LogP contribution in [0.15, 0.2) is 11.6 Å². The van der Waals surface area contributed by atoms with Crippen molar-refractivity contribution >= 4 is 5.97 Å². The number of hydrogen-bond donors (Lipinski definition) is 15. The molecule has 500 valence electrons. The minimum Gasteiger partial charge on any atom is -0.467 e. The van der Waals surface area contributed by atoms with Gasteiger partial charge in [-0.05, 0) is 104 Å². The van der Waals surface area contributed by atoms with Crippen LogP contribution in [0.4, 0.5) is 0 Å². The van der Waals surface area contributed by atoms with Crippen LogP contribution < -0.4 is 0 Å². The van der Waals surface area contributed by atoms with Crippen molar-refractivity contribution in [2.75, 3.05) is 33.5 Å². The van der Waals surface area contributed by atoms with Gasteiger partial charge in [0.1, 0.15) is 104 Å². The SMILES string of the molecule is COC(=O)[C@H]1O[C@@H](O[C@H]2CC[C@@]3(C)[C@@H](CC[C@]4(C)[C@@H]3CC=C3[C@@H]5CC(C)(C)C[C@@H](O[C@@H]6OC[C@H](O)[C@H](O)[C@H]6O[C@@H]6O[C@H](CO)[C@@H](O)[C@H](O)[C@H]6O)[C@]5(C)CC[C@]34C)[C@@]2(C)CO)[C@H](O[C@@H]2O[C@H](CO)[C@H](O)[C@H](O)[C@H]2O[C@@H]2O[C@@H](C)[C@H](O)[C@@H](O)[C@H]2O)[C@@H](O)[C@@H]1O. The second-order valence-corrected chi connectivity index (χ2v) is 29.0. The van der Waals surface area contributed by atoms with Crippen molar-refractivity contribution in [1.29, 1.82) is 0 Å². The van der Waals surface area contributed by atoms with E-state index in [4.69, 9.17) is 52.1 Å². The highest BCUT2D eigenvalue weighted by Crippen LogP contribution is 2.76. The summed E-state index contributed by atoms with van der Waals surface area (Å²) in [4.78, 5) is 13.2. The molecule has 5 saturated heterocycles. The Balaban J connectivity index is 0.902. The van der Waals surface area contributed by atoms with Gasteiger partial charge in [-0.3, -0.25) is 0 Å². The number of carbonyl (C=O) groups excluding carboxylic acids is 1. The summed E-state index contributed by atoms with van der Waals surface area (Å²) in [7, 11) is 1.07. The second-order valence-electron chi connectivity index (χ2n) is 29.0. The van der Waals surface area contributed by atoms with Crippen LogP contribution in [-0.2, 0) is 56.9 Å². The van der Waals surface area contributed by atoms with Crippen molar-refractivity contribution in [2.45, 2.75) is 273 Å². The summed E-state index contributed by atoms with van der Waals surface area (Å²) in [6, 6.07) is 0. The van der Waals surface area contributed by atoms with Crippen LogP contribution in [-0.4, -0.2) is 276 Å². The molecule has 34 atom stereocenters. The Morgan fingerprint density at radius 1 is 0.540 bits per heavy atom. The second kappa shape index (κ2) is 25.2. The molecule has 87 heavy (non-hydrogen) atoms. The molecule has 0 aromatic carbocycles. The van der Waals surface area contributed by atoms with Crippen LogP contribution in [0, 0.1) is 50.2 Å². The molecule has 5 aliphatic carbocycles. The summed E-state index contributed by atoms with van der Waals surface area (Å²) >= 11 is 0. The molecule has 0 amide bonds. The van der Waals surface area contributed by atoms with Crippen LogP contribution in [0.3, 0.4) is 0 Å². The normalized spacial score (nSPS) is 55.1. The average molecular weight is 1250 g/mol. The topological polar surface area (TPSA) is 422 Å². The van der Waals surface area contributed by atoms with E-state index < -0.39 is 195 Å². The lowest BCUT2D eigenvalue weighted by atomic mass is 9.33. The summed E-state index contributed by atoms with van der Waals surface area (Å²) in [5, 5.41) is 164. The number of aliphatic hydroxyl groups excluding tert-OH is 15. The van der Waals surface area contributed by atoms with Crippen molar-refractivity contribution in [3.8, 4) is 0 Å². The van der Waals surface area contributed by atoms with Crippen molar-refractivity contribution in [2.24, 2.45) is 50.2 Å². The third-order valence-electron chi connectivity index (χ3n) is 23.5. The Morgan fingerprint density at radius 2 is 1.09 bits per heavy atom. The maximum atomic E-state index is 13.2. The van der Waals surface area contributed by atoms with E-state index in [-0.39, 0.29) is 47.2 Å². The first-order chi connectivity index (χ1) is 40.8. The molecular formula is C60H98O27. The van der Waals surface area contributed by atoms with E-state index in [2.05, 4.69) is 47.6 Å². The molecule has 15 N–H and O–H groups in total. The number of rotatable bonds is 14. The van der Waals surface area contributed by atoms with E-state index >= 15 is 0 Å². The number of esters is 1. The minimum atomic E-state index is -2.01. The van der Waals surface area contributed by atoms with Crippen molar-refractivity contribution in [1.82, 2.24) is 0 Å². The van der Waals surface area contributed by atoms with Gasteiger partial charge in [0.2, 0.25) is 0 Å². The Bertz CT molecular complexity index is 2420. The van der Waals surface area contributed by atoms with Crippen molar-refractivity contribution in [3.05, 3.63) is 11.6 Å². The van der Waals surface area contributed by atoms with Gasteiger partial charge in [0.15, 0.2) is 37.6 Å². The Labute approximate surface area is 506 Å². The third kappa shape index (κ3) is 11.4. The zero-order valence-electron chi connectivity index (χ0n) is 51.1. The van der Waals surface area contributed by atoms with Gasteiger partial charge < -0.3 is 129 Å². The molecule has 5 aliphatic heterocycles. The molecular weight excluding hydrogens is 1150 g/mol. The highest BCUT2D eigenvalue weighted by atomic mass is 16.8. The van der Waals surface area contributed by atoms with E-state index in [1.165, 1.54) is 12.5 Å². The van der Waals surface area contributed by atoms with Gasteiger partial charge in [0.05, 0.1) is 51.8 Å². The number of fused-ring (bicyclic) bond motifs is 7. The van der Waals surface area contributed by atoms with E-state index in [9.17, 15) is 81.4 Å². The van der Waals surface area contributed by atoms with E-state index in [0.29, 0.717) is 25.7 Å². The van der Waals surface area contributed by atoms with E-state index in [1.807, 2.05) is 6.92 Å². The van der Waals surface area contributed by atoms with Gasteiger partial charge in [0, 0.05) is 10.8 Å². The Hall–Kier alpha value is -1.79.